The Morgan fingerprint density at radius 1 is 1.27 bits per heavy atom. The van der Waals surface area contributed by atoms with Gasteiger partial charge in [-0.2, -0.15) is 5.26 Å². The van der Waals surface area contributed by atoms with Gasteiger partial charge in [-0.05, 0) is 66.8 Å². The number of aliphatic hydroxyl groups is 1. The molecular formula is C24H26Cl2N2O2. The zero-order chi connectivity index (χ0) is 21.5. The SMILES string of the molecule is CC1CCCN(CC(O)COc2ccc(/C=C(\C#N)c3ccc(Cl)c(Cl)c3)cc2)C1. The minimum Gasteiger partial charge on any atom is -0.491 e. The van der Waals surface area contributed by atoms with E-state index in [1.807, 2.05) is 24.3 Å². The number of ether oxygens (including phenoxy) is 1. The second-order valence-corrected chi connectivity index (χ2v) is 8.65. The number of allylic oxidation sites excluding steroid dienone is 1. The first kappa shape index (κ1) is 22.7. The van der Waals surface area contributed by atoms with Gasteiger partial charge in [0.1, 0.15) is 18.5 Å². The smallest absolute Gasteiger partial charge is 0.119 e. The van der Waals surface area contributed by atoms with Crippen LogP contribution in [0.2, 0.25) is 10.0 Å². The Bertz CT molecular complexity index is 922. The van der Waals surface area contributed by atoms with Gasteiger partial charge in [0.15, 0.2) is 0 Å². The third-order valence-corrected chi connectivity index (χ3v) is 5.93. The first-order chi connectivity index (χ1) is 14.4. The average Bonchev–Trinajstić information content (AvgIpc) is 2.73. The van der Waals surface area contributed by atoms with E-state index in [9.17, 15) is 10.4 Å². The Balaban J connectivity index is 1.56. The monoisotopic (exact) mass is 444 g/mol. The fraction of sp³-hybridized carbons (Fsp3) is 0.375. The highest BCUT2D eigenvalue weighted by molar-refractivity contribution is 6.42. The summed E-state index contributed by atoms with van der Waals surface area (Å²) in [4.78, 5) is 2.31. The minimum absolute atomic E-state index is 0.257. The minimum atomic E-state index is -0.519. The van der Waals surface area contributed by atoms with E-state index in [1.54, 1.807) is 24.3 Å². The van der Waals surface area contributed by atoms with Crippen LogP contribution in [-0.4, -0.2) is 42.4 Å². The highest BCUT2D eigenvalue weighted by atomic mass is 35.5. The standard InChI is InChI=1S/C24H26Cl2N2O2/c1-17-3-2-10-28(14-17)15-21(29)16-30-22-7-4-18(5-8-22)11-20(13-27)19-6-9-23(25)24(26)12-19/h4-9,11-12,17,21,29H,2-3,10,14-16H2,1H3/b20-11+. The lowest BCUT2D eigenvalue weighted by molar-refractivity contribution is 0.0537. The highest BCUT2D eigenvalue weighted by Gasteiger charge is 2.19. The number of β-amino-alcohol motifs (C(OH)–C–C–N with tert-alkyl or cyclic N) is 1. The number of halogens is 2. The molecule has 1 aliphatic rings. The molecule has 0 aromatic heterocycles. The normalized spacial score (nSPS) is 18.6. The van der Waals surface area contributed by atoms with Gasteiger partial charge in [0.25, 0.3) is 0 Å². The Labute approximate surface area is 188 Å². The van der Waals surface area contributed by atoms with Crippen LogP contribution in [-0.2, 0) is 0 Å². The summed E-state index contributed by atoms with van der Waals surface area (Å²) in [6, 6.07) is 14.8. The number of likely N-dealkylation sites (tertiary alicyclic amines) is 1. The molecule has 2 atom stereocenters. The van der Waals surface area contributed by atoms with Crippen molar-refractivity contribution in [3.05, 3.63) is 63.6 Å². The summed E-state index contributed by atoms with van der Waals surface area (Å²) in [7, 11) is 0. The van der Waals surface area contributed by atoms with Crippen molar-refractivity contribution >= 4 is 34.9 Å². The molecule has 1 fully saturated rings. The first-order valence-corrected chi connectivity index (χ1v) is 10.9. The molecule has 4 nitrogen and oxygen atoms in total. The van der Waals surface area contributed by atoms with Crippen LogP contribution in [0.1, 0.15) is 30.9 Å². The fourth-order valence-electron chi connectivity index (χ4n) is 3.67. The van der Waals surface area contributed by atoms with Gasteiger partial charge >= 0.3 is 0 Å². The zero-order valence-corrected chi connectivity index (χ0v) is 18.5. The van der Waals surface area contributed by atoms with Crippen molar-refractivity contribution in [3.8, 4) is 11.8 Å². The lowest BCUT2D eigenvalue weighted by Gasteiger charge is -2.32. The third-order valence-electron chi connectivity index (χ3n) is 5.19. The van der Waals surface area contributed by atoms with Gasteiger partial charge in [-0.15, -0.1) is 0 Å². The molecule has 1 heterocycles. The molecule has 0 spiro atoms. The van der Waals surface area contributed by atoms with E-state index in [2.05, 4.69) is 17.9 Å². The maximum atomic E-state index is 10.3. The van der Waals surface area contributed by atoms with Crippen LogP contribution in [0.25, 0.3) is 11.6 Å². The van der Waals surface area contributed by atoms with Crippen LogP contribution < -0.4 is 4.74 Å². The van der Waals surface area contributed by atoms with Gasteiger partial charge in [0.05, 0.1) is 21.7 Å². The average molecular weight is 445 g/mol. The van der Waals surface area contributed by atoms with Crippen LogP contribution >= 0.6 is 23.2 Å². The number of benzene rings is 2. The quantitative estimate of drug-likeness (QED) is 0.450. The van der Waals surface area contributed by atoms with Crippen molar-refractivity contribution in [2.24, 2.45) is 5.92 Å². The van der Waals surface area contributed by atoms with E-state index in [0.717, 1.165) is 18.7 Å². The Morgan fingerprint density at radius 3 is 2.70 bits per heavy atom. The Hall–Kier alpha value is -2.03. The number of rotatable bonds is 7. The molecule has 0 bridgehead atoms. The molecule has 0 saturated carbocycles. The maximum Gasteiger partial charge on any atom is 0.119 e. The molecular weight excluding hydrogens is 419 g/mol. The molecule has 1 N–H and O–H groups in total. The third kappa shape index (κ3) is 6.48. The maximum absolute atomic E-state index is 10.3. The molecule has 2 unspecified atom stereocenters. The predicted molar refractivity (Wildman–Crippen MR) is 123 cm³/mol. The van der Waals surface area contributed by atoms with E-state index in [0.29, 0.717) is 39.4 Å². The number of nitrogens with zero attached hydrogens (tertiary/aromatic N) is 2. The van der Waals surface area contributed by atoms with E-state index >= 15 is 0 Å². The number of hydrogen-bond acceptors (Lipinski definition) is 4. The van der Waals surface area contributed by atoms with Crippen LogP contribution in [0.15, 0.2) is 42.5 Å². The molecule has 0 aliphatic carbocycles. The number of piperidine rings is 1. The summed E-state index contributed by atoms with van der Waals surface area (Å²) in [5, 5.41) is 20.7. The number of nitriles is 1. The topological polar surface area (TPSA) is 56.5 Å². The zero-order valence-electron chi connectivity index (χ0n) is 17.0. The second-order valence-electron chi connectivity index (χ2n) is 7.84. The van der Waals surface area contributed by atoms with Crippen molar-refractivity contribution in [2.45, 2.75) is 25.9 Å². The van der Waals surface area contributed by atoms with Gasteiger partial charge in [-0.1, -0.05) is 48.3 Å². The molecule has 0 radical (unpaired) electrons. The van der Waals surface area contributed by atoms with Gasteiger partial charge in [0.2, 0.25) is 0 Å². The first-order valence-electron chi connectivity index (χ1n) is 10.1. The Kier molecular flexibility index (Phi) is 8.18. The molecule has 1 aliphatic heterocycles. The molecule has 158 valence electrons. The van der Waals surface area contributed by atoms with Gasteiger partial charge < -0.3 is 14.7 Å². The predicted octanol–water partition coefficient (Wildman–Crippen LogP) is 5.53. The second kappa shape index (κ2) is 10.8. The van der Waals surface area contributed by atoms with Gasteiger partial charge in [0, 0.05) is 13.1 Å². The highest BCUT2D eigenvalue weighted by Crippen LogP contribution is 2.27. The van der Waals surface area contributed by atoms with Crippen LogP contribution in [0.4, 0.5) is 0 Å². The van der Waals surface area contributed by atoms with Crippen molar-refractivity contribution in [1.29, 1.82) is 5.26 Å². The summed E-state index contributed by atoms with van der Waals surface area (Å²) in [5.74, 6) is 1.38. The van der Waals surface area contributed by atoms with E-state index in [4.69, 9.17) is 27.9 Å². The summed E-state index contributed by atoms with van der Waals surface area (Å²) < 4.78 is 5.74. The summed E-state index contributed by atoms with van der Waals surface area (Å²) in [5.41, 5.74) is 2.07. The van der Waals surface area contributed by atoms with E-state index in [-0.39, 0.29) is 6.61 Å². The van der Waals surface area contributed by atoms with Crippen LogP contribution in [0, 0.1) is 17.2 Å². The molecule has 2 aromatic rings. The van der Waals surface area contributed by atoms with Gasteiger partial charge in [-0.3, -0.25) is 0 Å². The summed E-state index contributed by atoms with van der Waals surface area (Å²) in [6.07, 6.45) is 3.73. The fourth-order valence-corrected chi connectivity index (χ4v) is 3.96. The number of aliphatic hydroxyl groups excluding tert-OH is 1. The molecule has 6 heteroatoms. The van der Waals surface area contributed by atoms with Crippen molar-refractivity contribution < 1.29 is 9.84 Å². The van der Waals surface area contributed by atoms with Gasteiger partial charge in [-0.25, -0.2) is 0 Å². The molecule has 3 rings (SSSR count). The lowest BCUT2D eigenvalue weighted by atomic mass is 10.0. The van der Waals surface area contributed by atoms with Crippen molar-refractivity contribution in [2.75, 3.05) is 26.2 Å². The van der Waals surface area contributed by atoms with Crippen LogP contribution in [0.5, 0.6) is 5.75 Å². The molecule has 30 heavy (non-hydrogen) atoms. The van der Waals surface area contributed by atoms with Crippen molar-refractivity contribution in [1.82, 2.24) is 4.90 Å². The van der Waals surface area contributed by atoms with Crippen LogP contribution in [0.3, 0.4) is 0 Å². The summed E-state index contributed by atoms with van der Waals surface area (Å²) in [6.45, 7) is 5.23. The molecule has 2 aromatic carbocycles. The molecule has 1 saturated heterocycles. The molecule has 0 amide bonds. The largest absolute Gasteiger partial charge is 0.491 e. The summed E-state index contributed by atoms with van der Waals surface area (Å²) >= 11 is 12.0. The Morgan fingerprint density at radius 2 is 2.03 bits per heavy atom. The number of hydrogen-bond donors (Lipinski definition) is 1. The van der Waals surface area contributed by atoms with E-state index < -0.39 is 6.10 Å². The van der Waals surface area contributed by atoms with E-state index in [1.165, 1.54) is 12.8 Å². The lowest BCUT2D eigenvalue weighted by Crippen LogP contribution is -2.41. The van der Waals surface area contributed by atoms with Crippen molar-refractivity contribution in [3.63, 3.8) is 0 Å².